The van der Waals surface area contributed by atoms with Crippen LogP contribution in [0, 0.1) is 17.2 Å². The molecule has 0 bridgehead atoms. The topological polar surface area (TPSA) is 27.0 Å². The van der Waals surface area contributed by atoms with Crippen LogP contribution in [0.2, 0.25) is 0 Å². The highest BCUT2D eigenvalue weighted by atomic mass is 15.1. The normalized spacial score (nSPS) is 12.2. The van der Waals surface area contributed by atoms with E-state index < -0.39 is 0 Å². The molecular weight excluding hydrogens is 172 g/mol. The molecule has 0 N–H and O–H groups in total. The fourth-order valence-electron chi connectivity index (χ4n) is 1.51. The molecule has 2 nitrogen and oxygen atoms in total. The van der Waals surface area contributed by atoms with Gasteiger partial charge in [-0.3, -0.25) is 0 Å². The predicted octanol–water partition coefficient (Wildman–Crippen LogP) is 2.67. The molecule has 0 amide bonds. The second-order valence-corrected chi connectivity index (χ2v) is 3.76. The largest absolute Gasteiger partial charge is 0.359 e. The molecule has 1 unspecified atom stereocenters. The average molecular weight is 188 g/mol. The van der Waals surface area contributed by atoms with Gasteiger partial charge in [-0.25, -0.2) is 0 Å². The van der Waals surface area contributed by atoms with E-state index in [1.54, 1.807) is 0 Å². The summed E-state index contributed by atoms with van der Waals surface area (Å²) in [5.74, 6) is 0.338. The first-order valence-corrected chi connectivity index (χ1v) is 4.84. The molecule has 1 atom stereocenters. The lowest BCUT2D eigenvalue weighted by Crippen LogP contribution is -2.34. The van der Waals surface area contributed by atoms with Crippen molar-refractivity contribution < 1.29 is 0 Å². The van der Waals surface area contributed by atoms with Gasteiger partial charge in [-0.2, -0.15) is 5.26 Å². The van der Waals surface area contributed by atoms with Crippen molar-refractivity contribution in [2.24, 2.45) is 5.92 Å². The second kappa shape index (κ2) is 4.66. The van der Waals surface area contributed by atoms with E-state index in [9.17, 15) is 0 Å². The summed E-state index contributed by atoms with van der Waals surface area (Å²) in [6, 6.07) is 12.3. The van der Waals surface area contributed by atoms with Gasteiger partial charge in [0, 0.05) is 12.7 Å². The van der Waals surface area contributed by atoms with E-state index in [0.717, 1.165) is 5.69 Å². The fraction of sp³-hybridized carbons (Fsp3) is 0.417. The van der Waals surface area contributed by atoms with Crippen LogP contribution in [-0.2, 0) is 0 Å². The highest BCUT2D eigenvalue weighted by Gasteiger charge is 2.17. The molecule has 74 valence electrons. The first-order valence-electron chi connectivity index (χ1n) is 4.84. The summed E-state index contributed by atoms with van der Waals surface area (Å²) >= 11 is 0. The molecular formula is C12H16N2. The maximum atomic E-state index is 9.04. The Bertz CT molecular complexity index is 311. The van der Waals surface area contributed by atoms with E-state index in [4.69, 9.17) is 5.26 Å². The van der Waals surface area contributed by atoms with Gasteiger partial charge in [0.25, 0.3) is 0 Å². The van der Waals surface area contributed by atoms with Crippen molar-refractivity contribution in [2.75, 3.05) is 11.9 Å². The van der Waals surface area contributed by atoms with E-state index in [-0.39, 0.29) is 6.04 Å². The molecule has 0 spiro atoms. The Labute approximate surface area is 85.8 Å². The van der Waals surface area contributed by atoms with Gasteiger partial charge in [0.15, 0.2) is 0 Å². The van der Waals surface area contributed by atoms with Crippen LogP contribution in [0.4, 0.5) is 5.69 Å². The van der Waals surface area contributed by atoms with Crippen LogP contribution in [0.15, 0.2) is 30.3 Å². The Hall–Kier alpha value is -1.49. The van der Waals surface area contributed by atoms with E-state index in [2.05, 4.69) is 19.9 Å². The molecule has 14 heavy (non-hydrogen) atoms. The van der Waals surface area contributed by atoms with Gasteiger partial charge in [-0.05, 0) is 18.1 Å². The van der Waals surface area contributed by atoms with Crippen molar-refractivity contribution in [3.63, 3.8) is 0 Å². The van der Waals surface area contributed by atoms with Crippen LogP contribution >= 0.6 is 0 Å². The monoisotopic (exact) mass is 188 g/mol. The molecule has 0 aromatic heterocycles. The van der Waals surface area contributed by atoms with Gasteiger partial charge in [0.05, 0.1) is 6.07 Å². The summed E-state index contributed by atoms with van der Waals surface area (Å²) in [5, 5.41) is 9.04. The minimum absolute atomic E-state index is 0.0580. The summed E-state index contributed by atoms with van der Waals surface area (Å²) in [7, 11) is 1.96. The average Bonchev–Trinajstić information content (AvgIpc) is 2.19. The maximum Gasteiger partial charge on any atom is 0.118 e. The van der Waals surface area contributed by atoms with Gasteiger partial charge < -0.3 is 4.90 Å². The predicted molar refractivity (Wildman–Crippen MR) is 59.1 cm³/mol. The molecule has 1 aromatic carbocycles. The molecule has 0 heterocycles. The van der Waals surface area contributed by atoms with Gasteiger partial charge >= 0.3 is 0 Å². The lowest BCUT2D eigenvalue weighted by molar-refractivity contribution is 0.555. The van der Waals surface area contributed by atoms with Crippen LogP contribution in [0.25, 0.3) is 0 Å². The molecule has 1 aromatic rings. The van der Waals surface area contributed by atoms with Crippen molar-refractivity contribution in [1.29, 1.82) is 5.26 Å². The minimum atomic E-state index is -0.0580. The van der Waals surface area contributed by atoms with E-state index in [0.29, 0.717) is 5.92 Å². The highest BCUT2D eigenvalue weighted by molar-refractivity contribution is 5.47. The van der Waals surface area contributed by atoms with Crippen LogP contribution in [0.1, 0.15) is 13.8 Å². The molecule has 0 saturated heterocycles. The van der Waals surface area contributed by atoms with Gasteiger partial charge in [-0.1, -0.05) is 32.0 Å². The fourth-order valence-corrected chi connectivity index (χ4v) is 1.51. The molecule has 0 fully saturated rings. The molecule has 2 heteroatoms. The maximum absolute atomic E-state index is 9.04. The summed E-state index contributed by atoms with van der Waals surface area (Å²) < 4.78 is 0. The van der Waals surface area contributed by atoms with E-state index in [1.807, 2.05) is 42.3 Å². The highest BCUT2D eigenvalue weighted by Crippen LogP contribution is 2.17. The lowest BCUT2D eigenvalue weighted by atomic mass is 10.0. The van der Waals surface area contributed by atoms with Crippen molar-refractivity contribution in [3.8, 4) is 6.07 Å². The SMILES string of the molecule is CC(C)C(C#N)N(C)c1ccccc1. The van der Waals surface area contributed by atoms with Crippen molar-refractivity contribution >= 4 is 5.69 Å². The third-order valence-corrected chi connectivity index (χ3v) is 2.34. The van der Waals surface area contributed by atoms with E-state index in [1.165, 1.54) is 0 Å². The van der Waals surface area contributed by atoms with Crippen molar-refractivity contribution in [2.45, 2.75) is 19.9 Å². The first kappa shape index (κ1) is 10.6. The zero-order chi connectivity index (χ0) is 10.6. The molecule has 0 radical (unpaired) electrons. The van der Waals surface area contributed by atoms with Crippen LogP contribution < -0.4 is 4.90 Å². The third-order valence-electron chi connectivity index (χ3n) is 2.34. The first-order chi connectivity index (χ1) is 6.66. The van der Waals surface area contributed by atoms with Gasteiger partial charge in [-0.15, -0.1) is 0 Å². The minimum Gasteiger partial charge on any atom is -0.359 e. The number of hydrogen-bond donors (Lipinski definition) is 0. The van der Waals surface area contributed by atoms with Crippen LogP contribution in [0.3, 0.4) is 0 Å². The zero-order valence-electron chi connectivity index (χ0n) is 8.94. The van der Waals surface area contributed by atoms with Gasteiger partial charge in [0.2, 0.25) is 0 Å². The Balaban J connectivity index is 2.85. The third kappa shape index (κ3) is 2.26. The zero-order valence-corrected chi connectivity index (χ0v) is 8.94. The number of anilines is 1. The Kier molecular flexibility index (Phi) is 3.53. The van der Waals surface area contributed by atoms with E-state index >= 15 is 0 Å². The Morgan fingerprint density at radius 1 is 1.21 bits per heavy atom. The van der Waals surface area contributed by atoms with Gasteiger partial charge in [0.1, 0.15) is 6.04 Å². The quantitative estimate of drug-likeness (QED) is 0.729. The summed E-state index contributed by atoms with van der Waals surface area (Å²) in [4.78, 5) is 2.02. The Morgan fingerprint density at radius 3 is 2.21 bits per heavy atom. The smallest absolute Gasteiger partial charge is 0.118 e. The standard InChI is InChI=1S/C12H16N2/c1-10(2)12(9-13)14(3)11-7-5-4-6-8-11/h4-8,10,12H,1-3H3. The molecule has 0 saturated carbocycles. The summed E-state index contributed by atoms with van der Waals surface area (Å²) in [6.45, 7) is 4.13. The number of nitrogens with zero attached hydrogens (tertiary/aromatic N) is 2. The molecule has 0 aliphatic heterocycles. The second-order valence-electron chi connectivity index (χ2n) is 3.76. The van der Waals surface area contributed by atoms with Crippen LogP contribution in [0.5, 0.6) is 0 Å². The number of rotatable bonds is 3. The summed E-state index contributed by atoms with van der Waals surface area (Å²) in [5.41, 5.74) is 1.09. The number of nitriles is 1. The number of hydrogen-bond acceptors (Lipinski definition) is 2. The van der Waals surface area contributed by atoms with Crippen molar-refractivity contribution in [1.82, 2.24) is 0 Å². The molecule has 0 aliphatic rings. The Morgan fingerprint density at radius 2 is 1.79 bits per heavy atom. The summed E-state index contributed by atoms with van der Waals surface area (Å²) in [6.07, 6.45) is 0. The number of para-hydroxylation sites is 1. The number of benzene rings is 1. The van der Waals surface area contributed by atoms with Crippen molar-refractivity contribution in [3.05, 3.63) is 30.3 Å². The molecule has 1 rings (SSSR count). The van der Waals surface area contributed by atoms with Crippen LogP contribution in [-0.4, -0.2) is 13.1 Å². The lowest BCUT2D eigenvalue weighted by Gasteiger charge is -2.27. The molecule has 0 aliphatic carbocycles.